The number of anilines is 1. The number of methoxy groups -OCH3 is 1. The number of hydrogen-bond donors (Lipinski definition) is 0. The summed E-state index contributed by atoms with van der Waals surface area (Å²) in [6, 6.07) is 17.9. The van der Waals surface area contributed by atoms with Crippen LogP contribution in [0.3, 0.4) is 0 Å². The van der Waals surface area contributed by atoms with Gasteiger partial charge in [-0.15, -0.1) is 0 Å². The van der Waals surface area contributed by atoms with Crippen LogP contribution in [-0.4, -0.2) is 47.9 Å². The van der Waals surface area contributed by atoms with Gasteiger partial charge in [0, 0.05) is 12.1 Å². The molecule has 2 atom stereocenters. The molecule has 3 heterocycles. The normalized spacial score (nSPS) is 20.4. The molecule has 2 aliphatic heterocycles. The first-order chi connectivity index (χ1) is 15.2. The minimum absolute atomic E-state index is 0.0339. The fraction of sp³-hybridized carbons (Fsp3) is 0.440. The van der Waals surface area contributed by atoms with Crippen LogP contribution in [0.5, 0.6) is 6.01 Å². The molecule has 0 saturated carbocycles. The Bertz CT molecular complexity index is 1050. The Labute approximate surface area is 182 Å². The Morgan fingerprint density at radius 1 is 1.10 bits per heavy atom. The molecule has 2 aliphatic rings. The topological polar surface area (TPSA) is 56.6 Å². The van der Waals surface area contributed by atoms with E-state index in [1.165, 1.54) is 18.4 Å². The van der Waals surface area contributed by atoms with Crippen LogP contribution in [0.15, 0.2) is 48.5 Å². The third kappa shape index (κ3) is 3.92. The van der Waals surface area contributed by atoms with Crippen molar-refractivity contribution in [3.63, 3.8) is 0 Å². The molecule has 0 amide bonds. The Balaban J connectivity index is 1.31. The van der Waals surface area contributed by atoms with Crippen molar-refractivity contribution in [2.24, 2.45) is 0 Å². The maximum atomic E-state index is 13.0. The smallest absolute Gasteiger partial charge is 0.304 e. The molecular formula is C25H29N3O3. The van der Waals surface area contributed by atoms with Gasteiger partial charge in [0.05, 0.1) is 43.4 Å². The van der Waals surface area contributed by atoms with Gasteiger partial charge in [-0.2, -0.15) is 4.98 Å². The third-order valence-electron chi connectivity index (χ3n) is 6.53. The van der Waals surface area contributed by atoms with E-state index in [1.54, 1.807) is 11.7 Å². The van der Waals surface area contributed by atoms with Crippen molar-refractivity contribution >= 4 is 22.6 Å². The van der Waals surface area contributed by atoms with Gasteiger partial charge < -0.3 is 14.4 Å². The number of imidazole rings is 1. The van der Waals surface area contributed by atoms with Crippen molar-refractivity contribution < 1.29 is 14.3 Å². The highest BCUT2D eigenvalue weighted by atomic mass is 16.5. The highest BCUT2D eigenvalue weighted by Gasteiger charge is 2.37. The molecule has 2 bridgehead atoms. The molecule has 0 radical (unpaired) electrons. The van der Waals surface area contributed by atoms with E-state index in [1.807, 2.05) is 12.1 Å². The van der Waals surface area contributed by atoms with Crippen LogP contribution in [0.25, 0.3) is 11.0 Å². The maximum absolute atomic E-state index is 13.0. The Morgan fingerprint density at radius 3 is 2.61 bits per heavy atom. The van der Waals surface area contributed by atoms with Gasteiger partial charge in [-0.3, -0.25) is 4.79 Å². The molecule has 2 saturated heterocycles. The van der Waals surface area contributed by atoms with Crippen LogP contribution in [0.4, 0.5) is 5.69 Å². The summed E-state index contributed by atoms with van der Waals surface area (Å²) in [6.45, 7) is 1.57. The SMILES string of the molecule is COc1nc2cc(N3[C@@H]4CC[C@H]3COC4)ccc2n1C(=O)CCCCc1ccccc1. The van der Waals surface area contributed by atoms with Crippen LogP contribution in [0.2, 0.25) is 0 Å². The average molecular weight is 420 g/mol. The Hall–Kier alpha value is -2.86. The third-order valence-corrected chi connectivity index (χ3v) is 6.53. The van der Waals surface area contributed by atoms with Gasteiger partial charge in [-0.05, 0) is 55.9 Å². The fourth-order valence-electron chi connectivity index (χ4n) is 5.00. The zero-order valence-corrected chi connectivity index (χ0v) is 18.0. The predicted molar refractivity (Wildman–Crippen MR) is 121 cm³/mol. The van der Waals surface area contributed by atoms with Gasteiger partial charge in [0.25, 0.3) is 0 Å². The van der Waals surface area contributed by atoms with Crippen molar-refractivity contribution in [2.45, 2.75) is 50.6 Å². The Kier molecular flexibility index (Phi) is 5.64. The molecule has 31 heavy (non-hydrogen) atoms. The second kappa shape index (κ2) is 8.71. The minimum atomic E-state index is 0.0339. The first-order valence-corrected chi connectivity index (χ1v) is 11.2. The summed E-state index contributed by atoms with van der Waals surface area (Å²) in [6.07, 6.45) is 5.62. The van der Waals surface area contributed by atoms with Crippen LogP contribution >= 0.6 is 0 Å². The zero-order valence-electron chi connectivity index (χ0n) is 18.0. The van der Waals surface area contributed by atoms with Gasteiger partial charge in [-0.25, -0.2) is 4.57 Å². The number of aryl methyl sites for hydroxylation is 1. The molecule has 0 N–H and O–H groups in total. The highest BCUT2D eigenvalue weighted by molar-refractivity contribution is 5.93. The van der Waals surface area contributed by atoms with E-state index in [0.29, 0.717) is 24.5 Å². The summed E-state index contributed by atoms with van der Waals surface area (Å²) in [5.41, 5.74) is 4.09. The van der Waals surface area contributed by atoms with Crippen molar-refractivity contribution in [1.29, 1.82) is 0 Å². The number of nitrogens with zero attached hydrogens (tertiary/aromatic N) is 3. The van der Waals surface area contributed by atoms with Crippen molar-refractivity contribution in [3.8, 4) is 6.01 Å². The molecule has 1 aromatic heterocycles. The number of hydrogen-bond acceptors (Lipinski definition) is 5. The van der Waals surface area contributed by atoms with E-state index in [0.717, 1.165) is 49.2 Å². The summed E-state index contributed by atoms with van der Waals surface area (Å²) >= 11 is 0. The number of fused-ring (bicyclic) bond motifs is 3. The lowest BCUT2D eigenvalue weighted by molar-refractivity contribution is 0.0893. The molecule has 2 fully saturated rings. The first-order valence-electron chi connectivity index (χ1n) is 11.2. The van der Waals surface area contributed by atoms with E-state index in [2.05, 4.69) is 46.3 Å². The van der Waals surface area contributed by atoms with Crippen LogP contribution < -0.4 is 9.64 Å². The molecule has 0 aliphatic carbocycles. The predicted octanol–water partition coefficient (Wildman–Crippen LogP) is 4.47. The lowest BCUT2D eigenvalue weighted by Crippen LogP contribution is -2.45. The number of rotatable bonds is 7. The molecule has 6 nitrogen and oxygen atoms in total. The molecule has 0 unspecified atom stereocenters. The Morgan fingerprint density at radius 2 is 1.87 bits per heavy atom. The maximum Gasteiger partial charge on any atom is 0.304 e. The largest absolute Gasteiger partial charge is 0.468 e. The van der Waals surface area contributed by atoms with E-state index in [4.69, 9.17) is 9.47 Å². The van der Waals surface area contributed by atoms with Crippen molar-refractivity contribution in [1.82, 2.24) is 9.55 Å². The highest BCUT2D eigenvalue weighted by Crippen LogP contribution is 2.36. The average Bonchev–Trinajstić information content (AvgIpc) is 3.30. The van der Waals surface area contributed by atoms with Gasteiger partial charge in [-0.1, -0.05) is 30.3 Å². The summed E-state index contributed by atoms with van der Waals surface area (Å²) in [4.78, 5) is 20.1. The lowest BCUT2D eigenvalue weighted by atomic mass is 10.1. The van der Waals surface area contributed by atoms with E-state index >= 15 is 0 Å². The zero-order chi connectivity index (χ0) is 21.2. The van der Waals surface area contributed by atoms with Gasteiger partial charge >= 0.3 is 6.01 Å². The van der Waals surface area contributed by atoms with Gasteiger partial charge in [0.15, 0.2) is 0 Å². The molecular weight excluding hydrogens is 390 g/mol. The second-order valence-corrected chi connectivity index (χ2v) is 8.52. The lowest BCUT2D eigenvalue weighted by Gasteiger charge is -2.36. The van der Waals surface area contributed by atoms with E-state index in [9.17, 15) is 4.79 Å². The van der Waals surface area contributed by atoms with Crippen LogP contribution in [0.1, 0.15) is 42.5 Å². The molecule has 162 valence electrons. The van der Waals surface area contributed by atoms with Crippen LogP contribution in [0, 0.1) is 0 Å². The van der Waals surface area contributed by atoms with Crippen molar-refractivity contribution in [3.05, 3.63) is 54.1 Å². The standard InChI is InChI=1S/C25H29N3O3/c1-30-25-26-22-15-19(27-20-11-12-21(27)17-31-16-20)13-14-23(22)28(25)24(29)10-6-5-9-18-7-3-2-4-8-18/h2-4,7-8,13-15,20-21H,5-6,9-12,16-17H2,1H3/t20-,21+. The molecule has 5 rings (SSSR count). The molecule has 3 aromatic rings. The minimum Gasteiger partial charge on any atom is -0.468 e. The number of carbonyl (C=O) groups excluding carboxylic acids is 1. The summed E-state index contributed by atoms with van der Waals surface area (Å²) in [5, 5.41) is 0. The molecule has 6 heteroatoms. The molecule has 2 aromatic carbocycles. The first kappa shape index (κ1) is 20.1. The number of aromatic nitrogens is 2. The van der Waals surface area contributed by atoms with Crippen LogP contribution in [-0.2, 0) is 11.2 Å². The fourth-order valence-corrected chi connectivity index (χ4v) is 5.00. The van der Waals surface area contributed by atoms with Gasteiger partial charge in [0.1, 0.15) is 0 Å². The number of ether oxygens (including phenoxy) is 2. The summed E-state index contributed by atoms with van der Waals surface area (Å²) < 4.78 is 12.8. The quantitative estimate of drug-likeness (QED) is 0.529. The number of carbonyl (C=O) groups is 1. The molecule has 0 spiro atoms. The summed E-state index contributed by atoms with van der Waals surface area (Å²) in [7, 11) is 1.57. The summed E-state index contributed by atoms with van der Waals surface area (Å²) in [5.74, 6) is 0.0339. The van der Waals surface area contributed by atoms with Crippen molar-refractivity contribution in [2.75, 3.05) is 25.2 Å². The number of unbranched alkanes of at least 4 members (excludes halogenated alkanes) is 1. The number of benzene rings is 2. The van der Waals surface area contributed by atoms with E-state index < -0.39 is 0 Å². The second-order valence-electron chi connectivity index (χ2n) is 8.52. The monoisotopic (exact) mass is 419 g/mol. The number of morpholine rings is 1. The van der Waals surface area contributed by atoms with Gasteiger partial charge in [0.2, 0.25) is 5.91 Å². The van der Waals surface area contributed by atoms with E-state index in [-0.39, 0.29) is 5.91 Å².